The molecule has 2 aromatic carbocycles. The SMILES string of the molecule is N#Cc1ccc(Cn2c(=O)[nH]c3cc(Br)c(O[C@H]4CCN5C(=O)OC[C@@H]5C4)cc3c2=O)cc1. The number of piperidine rings is 1. The Bertz CT molecular complexity index is 1410. The van der Waals surface area contributed by atoms with Crippen LogP contribution in [0.25, 0.3) is 10.9 Å². The molecule has 0 radical (unpaired) electrons. The zero-order valence-corrected chi connectivity index (χ0v) is 19.0. The zero-order valence-electron chi connectivity index (χ0n) is 17.4. The molecular weight excluding hydrogens is 492 g/mol. The number of H-pyrrole nitrogens is 1. The van der Waals surface area contributed by atoms with Gasteiger partial charge in [-0.05, 0) is 45.8 Å². The molecule has 1 amide bonds. The van der Waals surface area contributed by atoms with Gasteiger partial charge in [-0.3, -0.25) is 9.36 Å². The van der Waals surface area contributed by atoms with E-state index in [-0.39, 0.29) is 24.8 Å². The number of nitrogens with one attached hydrogen (secondary N) is 1. The van der Waals surface area contributed by atoms with Crippen molar-refractivity contribution in [2.24, 2.45) is 0 Å². The third kappa shape index (κ3) is 4.00. The lowest BCUT2D eigenvalue weighted by atomic mass is 10.0. The van der Waals surface area contributed by atoms with Crippen molar-refractivity contribution in [1.29, 1.82) is 5.26 Å². The number of benzene rings is 2. The summed E-state index contributed by atoms with van der Waals surface area (Å²) in [4.78, 5) is 42.0. The average Bonchev–Trinajstić information content (AvgIpc) is 3.18. The summed E-state index contributed by atoms with van der Waals surface area (Å²) in [7, 11) is 0. The third-order valence-corrected chi connectivity index (χ3v) is 6.67. The Balaban J connectivity index is 1.44. The number of aromatic amines is 1. The van der Waals surface area contributed by atoms with Gasteiger partial charge in [0.1, 0.15) is 18.5 Å². The van der Waals surface area contributed by atoms with Crippen molar-refractivity contribution >= 4 is 32.9 Å². The average molecular weight is 511 g/mol. The van der Waals surface area contributed by atoms with Gasteiger partial charge in [0, 0.05) is 19.4 Å². The highest BCUT2D eigenvalue weighted by Crippen LogP contribution is 2.32. The van der Waals surface area contributed by atoms with E-state index in [0.29, 0.717) is 52.7 Å². The number of hydrogen-bond donors (Lipinski definition) is 1. The van der Waals surface area contributed by atoms with Crippen LogP contribution in [0, 0.1) is 11.3 Å². The highest BCUT2D eigenvalue weighted by molar-refractivity contribution is 9.10. The fraction of sp³-hybridized carbons (Fsp3) is 0.304. The van der Waals surface area contributed by atoms with Crippen LogP contribution < -0.4 is 16.0 Å². The van der Waals surface area contributed by atoms with E-state index in [1.165, 1.54) is 0 Å². The molecule has 3 aromatic rings. The molecule has 2 atom stereocenters. The smallest absolute Gasteiger partial charge is 0.410 e. The maximum Gasteiger partial charge on any atom is 0.410 e. The van der Waals surface area contributed by atoms with Crippen LogP contribution in [0.15, 0.2) is 50.5 Å². The quantitative estimate of drug-likeness (QED) is 0.576. The van der Waals surface area contributed by atoms with Crippen LogP contribution in [0.3, 0.4) is 0 Å². The third-order valence-electron chi connectivity index (χ3n) is 6.05. The Morgan fingerprint density at radius 3 is 2.76 bits per heavy atom. The van der Waals surface area contributed by atoms with Gasteiger partial charge in [0.05, 0.1) is 39.6 Å². The second-order valence-electron chi connectivity index (χ2n) is 8.15. The molecule has 9 nitrogen and oxygen atoms in total. The van der Waals surface area contributed by atoms with Gasteiger partial charge >= 0.3 is 11.8 Å². The van der Waals surface area contributed by atoms with E-state index in [1.54, 1.807) is 41.3 Å². The molecular formula is C23H19BrN4O5. The van der Waals surface area contributed by atoms with Gasteiger partial charge in [0.15, 0.2) is 0 Å². The van der Waals surface area contributed by atoms with Crippen molar-refractivity contribution in [3.63, 3.8) is 0 Å². The molecule has 0 saturated carbocycles. The van der Waals surface area contributed by atoms with Gasteiger partial charge in [-0.2, -0.15) is 5.26 Å². The number of rotatable bonds is 4. The number of halogens is 1. The zero-order chi connectivity index (χ0) is 23.1. The number of carbonyl (C=O) groups excluding carboxylic acids is 1. The minimum atomic E-state index is -0.518. The van der Waals surface area contributed by atoms with Crippen LogP contribution in [0.4, 0.5) is 4.79 Å². The Morgan fingerprint density at radius 1 is 1.21 bits per heavy atom. The first kappa shape index (κ1) is 21.3. The minimum Gasteiger partial charge on any atom is -0.489 e. The van der Waals surface area contributed by atoms with Gasteiger partial charge in [0.2, 0.25) is 0 Å². The number of carbonyl (C=O) groups is 1. The van der Waals surface area contributed by atoms with Gasteiger partial charge in [-0.25, -0.2) is 9.59 Å². The Labute approximate surface area is 196 Å². The van der Waals surface area contributed by atoms with Crippen LogP contribution in [-0.2, 0) is 11.3 Å². The first-order valence-electron chi connectivity index (χ1n) is 10.5. The van der Waals surface area contributed by atoms with Crippen molar-refractivity contribution < 1.29 is 14.3 Å². The molecule has 3 heterocycles. The summed E-state index contributed by atoms with van der Waals surface area (Å²) < 4.78 is 13.1. The summed E-state index contributed by atoms with van der Waals surface area (Å²) >= 11 is 3.47. The molecule has 2 aliphatic rings. The maximum absolute atomic E-state index is 13.2. The molecule has 2 aliphatic heterocycles. The van der Waals surface area contributed by atoms with E-state index >= 15 is 0 Å². The fourth-order valence-electron chi connectivity index (χ4n) is 4.30. The molecule has 168 valence electrons. The topological polar surface area (TPSA) is 117 Å². The lowest BCUT2D eigenvalue weighted by Crippen LogP contribution is -2.44. The Hall–Kier alpha value is -3.58. The first-order chi connectivity index (χ1) is 15.9. The van der Waals surface area contributed by atoms with Crippen molar-refractivity contribution in [3.05, 3.63) is 72.8 Å². The van der Waals surface area contributed by atoms with Crippen molar-refractivity contribution in [1.82, 2.24) is 14.5 Å². The molecule has 5 rings (SSSR count). The second-order valence-corrected chi connectivity index (χ2v) is 9.00. The molecule has 1 N–H and O–H groups in total. The summed E-state index contributed by atoms with van der Waals surface area (Å²) in [5.41, 5.74) is 0.694. The predicted octanol–water partition coefficient (Wildman–Crippen LogP) is 2.73. The van der Waals surface area contributed by atoms with Gasteiger partial charge in [-0.1, -0.05) is 12.1 Å². The van der Waals surface area contributed by atoms with Crippen LogP contribution in [0.2, 0.25) is 0 Å². The number of ether oxygens (including phenoxy) is 2. The molecule has 0 unspecified atom stereocenters. The van der Waals surface area contributed by atoms with Crippen LogP contribution in [0.1, 0.15) is 24.0 Å². The summed E-state index contributed by atoms with van der Waals surface area (Å²) in [6.07, 6.45) is 0.894. The second kappa shape index (κ2) is 8.41. The van der Waals surface area contributed by atoms with E-state index in [9.17, 15) is 14.4 Å². The molecule has 33 heavy (non-hydrogen) atoms. The molecule has 0 aliphatic carbocycles. The number of cyclic esters (lactones) is 1. The number of nitriles is 1. The van der Waals surface area contributed by atoms with Gasteiger partial charge in [0.25, 0.3) is 5.56 Å². The summed E-state index contributed by atoms with van der Waals surface area (Å²) in [5, 5.41) is 9.28. The van der Waals surface area contributed by atoms with Crippen LogP contribution in [-0.4, -0.2) is 45.8 Å². The van der Waals surface area contributed by atoms with Gasteiger partial charge in [-0.15, -0.1) is 0 Å². The predicted molar refractivity (Wildman–Crippen MR) is 122 cm³/mol. The molecule has 10 heteroatoms. The van der Waals surface area contributed by atoms with Crippen molar-refractivity contribution in [2.75, 3.05) is 13.2 Å². The normalized spacial score (nSPS) is 19.8. The Morgan fingerprint density at radius 2 is 2.00 bits per heavy atom. The summed E-state index contributed by atoms with van der Waals surface area (Å²) in [5.74, 6) is 0.500. The van der Waals surface area contributed by atoms with E-state index in [4.69, 9.17) is 14.7 Å². The molecule has 0 spiro atoms. The molecule has 2 saturated heterocycles. The Kier molecular flexibility index (Phi) is 5.42. The van der Waals surface area contributed by atoms with E-state index < -0.39 is 11.2 Å². The summed E-state index contributed by atoms with van der Waals surface area (Å²) in [6, 6.07) is 12.1. The number of fused-ring (bicyclic) bond motifs is 2. The maximum atomic E-state index is 13.2. The van der Waals surface area contributed by atoms with E-state index in [0.717, 1.165) is 10.1 Å². The first-order valence-corrected chi connectivity index (χ1v) is 11.3. The van der Waals surface area contributed by atoms with Crippen LogP contribution in [0.5, 0.6) is 5.75 Å². The number of nitrogens with zero attached hydrogens (tertiary/aromatic N) is 3. The number of amides is 1. The lowest BCUT2D eigenvalue weighted by molar-refractivity contribution is 0.0931. The lowest BCUT2D eigenvalue weighted by Gasteiger charge is -2.32. The van der Waals surface area contributed by atoms with Crippen molar-refractivity contribution in [2.45, 2.75) is 31.5 Å². The van der Waals surface area contributed by atoms with Gasteiger partial charge < -0.3 is 19.4 Å². The van der Waals surface area contributed by atoms with E-state index in [2.05, 4.69) is 20.9 Å². The molecule has 0 bridgehead atoms. The number of hydrogen-bond acceptors (Lipinski definition) is 6. The largest absolute Gasteiger partial charge is 0.489 e. The molecule has 1 aromatic heterocycles. The van der Waals surface area contributed by atoms with Crippen molar-refractivity contribution in [3.8, 4) is 11.8 Å². The number of aromatic nitrogens is 2. The fourth-order valence-corrected chi connectivity index (χ4v) is 4.74. The minimum absolute atomic E-state index is 0.00325. The molecule has 2 fully saturated rings. The standard InChI is InChI=1S/C23H19BrN4O5/c24-18-9-19-17(8-20(18)33-16-5-6-27-15(7-16)12-32-23(27)31)21(29)28(22(30)26-19)11-14-3-1-13(10-25)2-4-14/h1-4,8-9,15-16H,5-7,11-12H2,(H,26,30)/t15-,16-/m0/s1. The highest BCUT2D eigenvalue weighted by atomic mass is 79.9. The highest BCUT2D eigenvalue weighted by Gasteiger charge is 2.39. The summed E-state index contributed by atoms with van der Waals surface area (Å²) in [6.45, 7) is 0.999. The monoisotopic (exact) mass is 510 g/mol. The van der Waals surface area contributed by atoms with Crippen LogP contribution >= 0.6 is 15.9 Å². The van der Waals surface area contributed by atoms with E-state index in [1.807, 2.05) is 6.07 Å².